The summed E-state index contributed by atoms with van der Waals surface area (Å²) in [7, 11) is 0. The van der Waals surface area contributed by atoms with Gasteiger partial charge in [-0.2, -0.15) is 5.01 Å². The van der Waals surface area contributed by atoms with Crippen molar-refractivity contribution in [3.05, 3.63) is 30.3 Å². The van der Waals surface area contributed by atoms with E-state index in [-0.39, 0.29) is 17.2 Å². The van der Waals surface area contributed by atoms with Crippen LogP contribution < -0.4 is 5.43 Å². The fourth-order valence-corrected chi connectivity index (χ4v) is 3.42. The summed E-state index contributed by atoms with van der Waals surface area (Å²) in [6, 6.07) is 9.37. The van der Waals surface area contributed by atoms with E-state index in [0.29, 0.717) is 12.8 Å². The monoisotopic (exact) mass is 272 g/mol. The highest BCUT2D eigenvalue weighted by Crippen LogP contribution is 2.45. The van der Waals surface area contributed by atoms with Crippen molar-refractivity contribution < 1.29 is 9.59 Å². The second-order valence-electron chi connectivity index (χ2n) is 6.01. The molecule has 2 amide bonds. The summed E-state index contributed by atoms with van der Waals surface area (Å²) in [5.41, 5.74) is 3.65. The number of hydrazine groups is 1. The van der Waals surface area contributed by atoms with Crippen molar-refractivity contribution in [2.24, 2.45) is 5.41 Å². The molecule has 0 atom stereocenters. The fraction of sp³-hybridized carbons (Fsp3) is 0.500. The molecule has 106 valence electrons. The molecule has 4 nitrogen and oxygen atoms in total. The van der Waals surface area contributed by atoms with Crippen LogP contribution in [0, 0.1) is 5.41 Å². The summed E-state index contributed by atoms with van der Waals surface area (Å²) in [6.45, 7) is 0. The minimum absolute atomic E-state index is 0.0543. The third-order valence-electron chi connectivity index (χ3n) is 4.48. The maximum absolute atomic E-state index is 12.3. The number of carbonyl (C=O) groups is 2. The normalized spacial score (nSPS) is 22.1. The molecule has 1 aliphatic heterocycles. The van der Waals surface area contributed by atoms with Gasteiger partial charge in [0.15, 0.2) is 0 Å². The van der Waals surface area contributed by atoms with Gasteiger partial charge in [0, 0.05) is 12.8 Å². The first-order valence-electron chi connectivity index (χ1n) is 7.36. The number of carbonyl (C=O) groups excluding carboxylic acids is 2. The van der Waals surface area contributed by atoms with Crippen LogP contribution in [0.15, 0.2) is 30.3 Å². The van der Waals surface area contributed by atoms with E-state index in [2.05, 4.69) is 5.43 Å². The van der Waals surface area contributed by atoms with Gasteiger partial charge >= 0.3 is 0 Å². The van der Waals surface area contributed by atoms with Crippen molar-refractivity contribution >= 4 is 17.5 Å². The van der Waals surface area contributed by atoms with Crippen LogP contribution in [-0.4, -0.2) is 16.8 Å². The molecule has 20 heavy (non-hydrogen) atoms. The van der Waals surface area contributed by atoms with Crippen LogP contribution >= 0.6 is 0 Å². The van der Waals surface area contributed by atoms with Crippen molar-refractivity contribution in [3.8, 4) is 0 Å². The van der Waals surface area contributed by atoms with E-state index in [9.17, 15) is 9.59 Å². The summed E-state index contributed by atoms with van der Waals surface area (Å²) < 4.78 is 0. The number of amides is 2. The van der Waals surface area contributed by atoms with Crippen molar-refractivity contribution in [3.63, 3.8) is 0 Å². The van der Waals surface area contributed by atoms with Crippen LogP contribution in [-0.2, 0) is 9.59 Å². The molecule has 1 saturated carbocycles. The zero-order valence-electron chi connectivity index (χ0n) is 11.6. The predicted molar refractivity (Wildman–Crippen MR) is 76.7 cm³/mol. The summed E-state index contributed by atoms with van der Waals surface area (Å²) >= 11 is 0. The van der Waals surface area contributed by atoms with E-state index in [1.54, 1.807) is 0 Å². The molecule has 2 aliphatic rings. The van der Waals surface area contributed by atoms with Gasteiger partial charge in [0.05, 0.1) is 5.69 Å². The lowest BCUT2D eigenvalue weighted by Gasteiger charge is -2.42. The molecule has 1 aliphatic carbocycles. The number of piperidine rings is 1. The van der Waals surface area contributed by atoms with Gasteiger partial charge in [0.2, 0.25) is 11.8 Å². The standard InChI is InChI=1S/C16H20N2O2/c19-14-11-16(9-5-2-6-10-16)12-15(20)18(14)17-13-7-3-1-4-8-13/h1,3-4,7-8,17H,2,5-6,9-12H2. The molecule has 1 saturated heterocycles. The lowest BCUT2D eigenvalue weighted by Crippen LogP contribution is -2.51. The Balaban J connectivity index is 1.72. The molecule has 2 fully saturated rings. The van der Waals surface area contributed by atoms with Gasteiger partial charge in [-0.25, -0.2) is 0 Å². The Labute approximate surface area is 119 Å². The molecule has 4 heteroatoms. The number of anilines is 1. The quantitative estimate of drug-likeness (QED) is 0.842. The van der Waals surface area contributed by atoms with Gasteiger partial charge in [-0.15, -0.1) is 0 Å². The maximum atomic E-state index is 12.3. The van der Waals surface area contributed by atoms with E-state index in [4.69, 9.17) is 0 Å². The molecule has 1 aromatic carbocycles. The smallest absolute Gasteiger partial charge is 0.248 e. The average Bonchev–Trinajstić information content (AvgIpc) is 2.45. The number of imide groups is 1. The Morgan fingerprint density at radius 2 is 1.50 bits per heavy atom. The summed E-state index contributed by atoms with van der Waals surface area (Å²) in [6.07, 6.45) is 6.56. The Morgan fingerprint density at radius 1 is 0.900 bits per heavy atom. The number of hydrogen-bond acceptors (Lipinski definition) is 3. The minimum Gasteiger partial charge on any atom is -0.289 e. The Hall–Kier alpha value is -1.84. The topological polar surface area (TPSA) is 49.4 Å². The molecule has 0 unspecified atom stereocenters. The summed E-state index contributed by atoms with van der Waals surface area (Å²) in [5, 5.41) is 1.20. The zero-order valence-corrected chi connectivity index (χ0v) is 11.6. The molecule has 0 radical (unpaired) electrons. The van der Waals surface area contributed by atoms with Crippen LogP contribution in [0.2, 0.25) is 0 Å². The zero-order chi connectivity index (χ0) is 14.0. The second kappa shape index (κ2) is 5.27. The maximum Gasteiger partial charge on any atom is 0.248 e. The minimum atomic E-state index is -0.0907. The van der Waals surface area contributed by atoms with Gasteiger partial charge in [-0.3, -0.25) is 15.0 Å². The first-order chi connectivity index (χ1) is 9.69. The van der Waals surface area contributed by atoms with Crippen LogP contribution in [0.5, 0.6) is 0 Å². The molecule has 1 aromatic rings. The van der Waals surface area contributed by atoms with E-state index >= 15 is 0 Å². The van der Waals surface area contributed by atoms with Crippen molar-refractivity contribution in [2.75, 3.05) is 5.43 Å². The number of nitrogens with one attached hydrogen (secondary N) is 1. The van der Waals surface area contributed by atoms with Gasteiger partial charge < -0.3 is 0 Å². The predicted octanol–water partition coefficient (Wildman–Crippen LogP) is 3.11. The Kier molecular flexibility index (Phi) is 3.47. The van der Waals surface area contributed by atoms with Crippen LogP contribution in [0.3, 0.4) is 0 Å². The second-order valence-corrected chi connectivity index (χ2v) is 6.01. The first kappa shape index (κ1) is 13.2. The fourth-order valence-electron chi connectivity index (χ4n) is 3.42. The highest BCUT2D eigenvalue weighted by Gasteiger charge is 2.44. The molecule has 1 N–H and O–H groups in total. The van der Waals surface area contributed by atoms with Gasteiger partial charge in [-0.1, -0.05) is 37.5 Å². The van der Waals surface area contributed by atoms with Crippen molar-refractivity contribution in [1.29, 1.82) is 0 Å². The van der Waals surface area contributed by atoms with Crippen LogP contribution in [0.1, 0.15) is 44.9 Å². The van der Waals surface area contributed by atoms with Gasteiger partial charge in [0.1, 0.15) is 0 Å². The summed E-state index contributed by atoms with van der Waals surface area (Å²) in [4.78, 5) is 24.7. The Bertz CT molecular complexity index is 486. The number of nitrogens with zero attached hydrogens (tertiary/aromatic N) is 1. The number of benzene rings is 1. The molecule has 0 aromatic heterocycles. The largest absolute Gasteiger partial charge is 0.289 e. The lowest BCUT2D eigenvalue weighted by molar-refractivity contribution is -0.152. The molecule has 1 spiro atoms. The van der Waals surface area contributed by atoms with Crippen molar-refractivity contribution in [1.82, 2.24) is 5.01 Å². The van der Waals surface area contributed by atoms with Crippen molar-refractivity contribution in [2.45, 2.75) is 44.9 Å². The average molecular weight is 272 g/mol. The summed E-state index contributed by atoms with van der Waals surface area (Å²) in [5.74, 6) is -0.181. The molecule has 3 rings (SSSR count). The van der Waals surface area contributed by atoms with E-state index in [1.807, 2.05) is 30.3 Å². The molecule has 0 bridgehead atoms. The SMILES string of the molecule is O=C1CC2(CCCCC2)CC(=O)N1Nc1ccccc1. The number of hydrogen-bond donors (Lipinski definition) is 1. The van der Waals surface area contributed by atoms with E-state index in [1.165, 1.54) is 11.4 Å². The molecular weight excluding hydrogens is 252 g/mol. The number of para-hydroxylation sites is 1. The van der Waals surface area contributed by atoms with E-state index in [0.717, 1.165) is 31.4 Å². The van der Waals surface area contributed by atoms with Crippen LogP contribution in [0.4, 0.5) is 5.69 Å². The third kappa shape index (κ3) is 2.55. The van der Waals surface area contributed by atoms with Gasteiger partial charge in [0.25, 0.3) is 0 Å². The Morgan fingerprint density at radius 3 is 2.10 bits per heavy atom. The van der Waals surface area contributed by atoms with E-state index < -0.39 is 0 Å². The molecule has 1 heterocycles. The first-order valence-corrected chi connectivity index (χ1v) is 7.36. The van der Waals surface area contributed by atoms with Gasteiger partial charge in [-0.05, 0) is 30.4 Å². The lowest BCUT2D eigenvalue weighted by atomic mass is 9.68. The highest BCUT2D eigenvalue weighted by molar-refractivity contribution is 5.99. The highest BCUT2D eigenvalue weighted by atomic mass is 16.2. The number of rotatable bonds is 2. The molecular formula is C16H20N2O2. The third-order valence-corrected chi connectivity index (χ3v) is 4.48. The van der Waals surface area contributed by atoms with Crippen LogP contribution in [0.25, 0.3) is 0 Å².